The van der Waals surface area contributed by atoms with Gasteiger partial charge in [-0.25, -0.2) is 9.18 Å². The molecule has 2 N–H and O–H groups in total. The third kappa shape index (κ3) is 4.28. The molecule has 2 aromatic rings. The normalized spacial score (nSPS) is 13.9. The van der Waals surface area contributed by atoms with E-state index in [0.29, 0.717) is 12.2 Å². The smallest absolute Gasteiger partial charge is 0.319 e. The number of benzene rings is 2. The number of fused-ring (bicyclic) bond motifs is 1. The Hall–Kier alpha value is -2.60. The molecule has 1 aliphatic rings. The van der Waals surface area contributed by atoms with Crippen LogP contribution in [0.5, 0.6) is 5.75 Å². The molecule has 6 heteroatoms. The lowest BCUT2D eigenvalue weighted by atomic mass is 10.0. The molecule has 0 fully saturated rings. The van der Waals surface area contributed by atoms with Gasteiger partial charge in [0.2, 0.25) is 0 Å². The van der Waals surface area contributed by atoms with Gasteiger partial charge in [0.1, 0.15) is 11.6 Å². The van der Waals surface area contributed by atoms with Gasteiger partial charge < -0.3 is 20.3 Å². The molecule has 2 amide bonds. The first-order valence-electron chi connectivity index (χ1n) is 8.25. The molecule has 0 unspecified atom stereocenters. The lowest BCUT2D eigenvalue weighted by Crippen LogP contribution is -2.36. The summed E-state index contributed by atoms with van der Waals surface area (Å²) in [7, 11) is 3.96. The van der Waals surface area contributed by atoms with E-state index in [-0.39, 0.29) is 17.9 Å². The number of amides is 2. The number of urea groups is 1. The summed E-state index contributed by atoms with van der Waals surface area (Å²) in [5.41, 5.74) is 2.89. The van der Waals surface area contributed by atoms with Crippen molar-refractivity contribution in [1.29, 1.82) is 0 Å². The van der Waals surface area contributed by atoms with E-state index in [2.05, 4.69) is 21.6 Å². The summed E-state index contributed by atoms with van der Waals surface area (Å²) in [4.78, 5) is 14.2. The Morgan fingerprint density at radius 1 is 1.24 bits per heavy atom. The van der Waals surface area contributed by atoms with E-state index in [0.717, 1.165) is 24.3 Å². The van der Waals surface area contributed by atoms with Crippen LogP contribution < -0.4 is 15.4 Å². The molecule has 132 valence electrons. The van der Waals surface area contributed by atoms with Crippen LogP contribution in [0.25, 0.3) is 0 Å². The minimum atomic E-state index is -0.334. The molecule has 1 aliphatic heterocycles. The number of likely N-dealkylation sites (N-methyl/N-ethyl adjacent to an activating group) is 1. The number of carbonyl (C=O) groups excluding carboxylic acids is 1. The minimum absolute atomic E-state index is 0.0462. The minimum Gasteiger partial charge on any atom is -0.493 e. The number of nitrogens with zero attached hydrogens (tertiary/aromatic N) is 1. The second kappa shape index (κ2) is 7.53. The van der Waals surface area contributed by atoms with Crippen molar-refractivity contribution in [1.82, 2.24) is 10.2 Å². The van der Waals surface area contributed by atoms with Crippen molar-refractivity contribution >= 4 is 11.7 Å². The summed E-state index contributed by atoms with van der Waals surface area (Å²) in [5.74, 6) is 0.613. The van der Waals surface area contributed by atoms with Crippen LogP contribution in [0.4, 0.5) is 14.9 Å². The van der Waals surface area contributed by atoms with Crippen LogP contribution in [-0.2, 0) is 6.42 Å². The maximum absolute atomic E-state index is 12.9. The van der Waals surface area contributed by atoms with Gasteiger partial charge in [0, 0.05) is 18.7 Å². The average molecular weight is 343 g/mol. The summed E-state index contributed by atoms with van der Waals surface area (Å²) in [6, 6.07) is 11.6. The first-order chi connectivity index (χ1) is 12.0. The molecule has 0 aliphatic carbocycles. The van der Waals surface area contributed by atoms with Crippen molar-refractivity contribution in [3.8, 4) is 5.75 Å². The van der Waals surface area contributed by atoms with E-state index in [1.807, 2.05) is 26.2 Å². The summed E-state index contributed by atoms with van der Waals surface area (Å²) in [5, 5.41) is 5.58. The Morgan fingerprint density at radius 3 is 2.72 bits per heavy atom. The van der Waals surface area contributed by atoms with Crippen LogP contribution in [0, 0.1) is 5.82 Å². The zero-order valence-electron chi connectivity index (χ0n) is 14.4. The molecule has 2 aromatic carbocycles. The number of nitrogens with one attached hydrogen (secondary N) is 2. The molecule has 0 bridgehead atoms. The van der Waals surface area contributed by atoms with Gasteiger partial charge in [-0.1, -0.05) is 12.1 Å². The number of hydrogen-bond donors (Lipinski definition) is 2. The summed E-state index contributed by atoms with van der Waals surface area (Å²) < 4.78 is 18.5. The average Bonchev–Trinajstić information content (AvgIpc) is 3.04. The highest BCUT2D eigenvalue weighted by Gasteiger charge is 2.19. The lowest BCUT2D eigenvalue weighted by Gasteiger charge is -2.25. The van der Waals surface area contributed by atoms with Crippen LogP contribution in [0.2, 0.25) is 0 Å². The van der Waals surface area contributed by atoms with Gasteiger partial charge in [0.25, 0.3) is 0 Å². The third-order valence-corrected chi connectivity index (χ3v) is 4.28. The Bertz CT molecular complexity index is 747. The van der Waals surface area contributed by atoms with Gasteiger partial charge in [-0.05, 0) is 55.6 Å². The van der Waals surface area contributed by atoms with Crippen molar-refractivity contribution in [2.45, 2.75) is 12.5 Å². The third-order valence-electron chi connectivity index (χ3n) is 4.28. The molecular weight excluding hydrogens is 321 g/mol. The fourth-order valence-corrected chi connectivity index (χ4v) is 2.91. The standard InChI is InChI=1S/C19H22FN3O2/c1-23(2)17(13-3-8-18-14(11-13)9-10-25-18)12-21-19(24)22-16-6-4-15(20)5-7-16/h3-8,11,17H,9-10,12H2,1-2H3,(H2,21,22,24)/t17-/m1/s1. The van der Waals surface area contributed by atoms with Crippen LogP contribution in [0.1, 0.15) is 17.2 Å². The molecule has 0 aromatic heterocycles. The fraction of sp³-hybridized carbons (Fsp3) is 0.316. The summed E-state index contributed by atoms with van der Waals surface area (Å²) in [6.07, 6.45) is 0.918. The van der Waals surface area contributed by atoms with Crippen LogP contribution in [0.3, 0.4) is 0 Å². The maximum atomic E-state index is 12.9. The Morgan fingerprint density at radius 2 is 2.00 bits per heavy atom. The second-order valence-corrected chi connectivity index (χ2v) is 6.29. The SMILES string of the molecule is CN(C)[C@H](CNC(=O)Nc1ccc(F)cc1)c1ccc2c(c1)CCO2. The molecule has 5 nitrogen and oxygen atoms in total. The summed E-state index contributed by atoms with van der Waals surface area (Å²) >= 11 is 0. The van der Waals surface area contributed by atoms with Crippen molar-refractivity contribution in [3.05, 3.63) is 59.4 Å². The number of carbonyl (C=O) groups is 1. The zero-order chi connectivity index (χ0) is 17.8. The Balaban J connectivity index is 1.62. The quantitative estimate of drug-likeness (QED) is 0.877. The zero-order valence-corrected chi connectivity index (χ0v) is 14.4. The number of halogens is 1. The van der Waals surface area contributed by atoms with Crippen molar-refractivity contribution in [2.24, 2.45) is 0 Å². The van der Waals surface area contributed by atoms with Gasteiger partial charge in [-0.3, -0.25) is 0 Å². The summed E-state index contributed by atoms with van der Waals surface area (Å²) in [6.45, 7) is 1.18. The van der Waals surface area contributed by atoms with Gasteiger partial charge in [-0.15, -0.1) is 0 Å². The van der Waals surface area contributed by atoms with E-state index >= 15 is 0 Å². The molecule has 0 radical (unpaired) electrons. The Kier molecular flexibility index (Phi) is 5.19. The van der Waals surface area contributed by atoms with Crippen molar-refractivity contribution in [3.63, 3.8) is 0 Å². The topological polar surface area (TPSA) is 53.6 Å². The van der Waals surface area contributed by atoms with Crippen molar-refractivity contribution < 1.29 is 13.9 Å². The van der Waals surface area contributed by atoms with E-state index in [4.69, 9.17) is 4.74 Å². The Labute approximate surface area is 146 Å². The molecule has 0 saturated heterocycles. The molecule has 1 heterocycles. The van der Waals surface area contributed by atoms with Gasteiger partial charge in [0.15, 0.2) is 0 Å². The van der Waals surface area contributed by atoms with Gasteiger partial charge in [-0.2, -0.15) is 0 Å². The number of rotatable bonds is 5. The van der Waals surface area contributed by atoms with Crippen LogP contribution >= 0.6 is 0 Å². The predicted octanol–water partition coefficient (Wildman–Crippen LogP) is 3.19. The fourth-order valence-electron chi connectivity index (χ4n) is 2.91. The first-order valence-corrected chi connectivity index (χ1v) is 8.25. The lowest BCUT2D eigenvalue weighted by molar-refractivity contribution is 0.243. The molecule has 1 atom stereocenters. The van der Waals surface area contributed by atoms with E-state index in [1.165, 1.54) is 29.8 Å². The van der Waals surface area contributed by atoms with Crippen molar-refractivity contribution in [2.75, 3.05) is 32.6 Å². The highest BCUT2D eigenvalue weighted by molar-refractivity contribution is 5.89. The van der Waals surface area contributed by atoms with Gasteiger partial charge in [0.05, 0.1) is 12.6 Å². The molecule has 0 spiro atoms. The number of ether oxygens (including phenoxy) is 1. The highest BCUT2D eigenvalue weighted by atomic mass is 19.1. The van der Waals surface area contributed by atoms with Crippen LogP contribution in [-0.4, -0.2) is 38.2 Å². The molecule has 25 heavy (non-hydrogen) atoms. The second-order valence-electron chi connectivity index (χ2n) is 6.29. The monoisotopic (exact) mass is 343 g/mol. The first kappa shape index (κ1) is 17.2. The van der Waals surface area contributed by atoms with E-state index in [9.17, 15) is 9.18 Å². The van der Waals surface area contributed by atoms with E-state index < -0.39 is 0 Å². The number of anilines is 1. The maximum Gasteiger partial charge on any atom is 0.319 e. The highest BCUT2D eigenvalue weighted by Crippen LogP contribution is 2.29. The molecule has 0 saturated carbocycles. The van der Waals surface area contributed by atoms with Crippen LogP contribution in [0.15, 0.2) is 42.5 Å². The largest absolute Gasteiger partial charge is 0.493 e. The molecule has 3 rings (SSSR count). The predicted molar refractivity (Wildman–Crippen MR) is 95.5 cm³/mol. The number of hydrogen-bond acceptors (Lipinski definition) is 3. The van der Waals surface area contributed by atoms with E-state index in [1.54, 1.807) is 0 Å². The van der Waals surface area contributed by atoms with Gasteiger partial charge >= 0.3 is 6.03 Å². The molecular formula is C19H22FN3O2.